The molecule has 1 N–H and O–H groups in total. The highest BCUT2D eigenvalue weighted by Crippen LogP contribution is 2.38. The fraction of sp³-hybridized carbons (Fsp3) is 0.812. The predicted octanol–water partition coefficient (Wildman–Crippen LogP) is 3.26. The van der Waals surface area contributed by atoms with Crippen molar-refractivity contribution in [3.63, 3.8) is 0 Å². The molecule has 1 saturated heterocycles. The van der Waals surface area contributed by atoms with Gasteiger partial charge >= 0.3 is 0 Å². The Morgan fingerprint density at radius 2 is 2.10 bits per heavy atom. The first-order valence-corrected chi connectivity index (χ1v) is 8.86. The summed E-state index contributed by atoms with van der Waals surface area (Å²) >= 11 is 1.89. The first-order chi connectivity index (χ1) is 9.63. The summed E-state index contributed by atoms with van der Waals surface area (Å²) in [5, 5.41) is 5.08. The summed E-state index contributed by atoms with van der Waals surface area (Å²) in [5.74, 6) is 0. The number of aryl methyl sites for hydroxylation is 2. The molecular weight excluding hydrogens is 266 g/mol. The van der Waals surface area contributed by atoms with Crippen molar-refractivity contribution >= 4 is 11.3 Å². The Balaban J connectivity index is 1.78. The van der Waals surface area contributed by atoms with Crippen molar-refractivity contribution in [1.29, 1.82) is 0 Å². The van der Waals surface area contributed by atoms with Gasteiger partial charge in [-0.05, 0) is 33.1 Å². The van der Waals surface area contributed by atoms with Gasteiger partial charge in [0.25, 0.3) is 0 Å². The third kappa shape index (κ3) is 2.66. The Morgan fingerprint density at radius 3 is 2.70 bits per heavy atom. The lowest BCUT2D eigenvalue weighted by Crippen LogP contribution is -2.62. The Kier molecular flexibility index (Phi) is 4.16. The van der Waals surface area contributed by atoms with Gasteiger partial charge in [-0.1, -0.05) is 19.8 Å². The highest BCUT2D eigenvalue weighted by molar-refractivity contribution is 7.11. The van der Waals surface area contributed by atoms with Crippen molar-refractivity contribution < 1.29 is 0 Å². The van der Waals surface area contributed by atoms with E-state index in [0.29, 0.717) is 11.6 Å². The van der Waals surface area contributed by atoms with Gasteiger partial charge in [-0.2, -0.15) is 0 Å². The zero-order chi connectivity index (χ0) is 14.2. The molecule has 1 aliphatic heterocycles. The van der Waals surface area contributed by atoms with Crippen molar-refractivity contribution in [2.75, 3.05) is 13.1 Å². The summed E-state index contributed by atoms with van der Waals surface area (Å²) in [7, 11) is 0. The second kappa shape index (κ2) is 5.74. The fourth-order valence-corrected chi connectivity index (χ4v) is 4.72. The van der Waals surface area contributed by atoms with Crippen molar-refractivity contribution in [2.24, 2.45) is 0 Å². The molecule has 1 spiro atoms. The van der Waals surface area contributed by atoms with Gasteiger partial charge in [-0.3, -0.25) is 4.90 Å². The molecule has 0 aromatic carbocycles. The van der Waals surface area contributed by atoms with Crippen LogP contribution in [0.2, 0.25) is 0 Å². The van der Waals surface area contributed by atoms with E-state index in [2.05, 4.69) is 31.0 Å². The lowest BCUT2D eigenvalue weighted by Gasteiger charge is -2.48. The molecular formula is C16H27N3S. The van der Waals surface area contributed by atoms with Crippen LogP contribution in [0.3, 0.4) is 0 Å². The summed E-state index contributed by atoms with van der Waals surface area (Å²) in [6.45, 7) is 10.0. The molecule has 1 unspecified atom stereocenters. The van der Waals surface area contributed by atoms with E-state index in [1.807, 2.05) is 11.3 Å². The topological polar surface area (TPSA) is 28.2 Å². The average Bonchev–Trinajstić information content (AvgIpc) is 3.01. The number of aromatic nitrogens is 1. The number of nitrogens with one attached hydrogen (secondary N) is 1. The van der Waals surface area contributed by atoms with E-state index < -0.39 is 0 Å². The monoisotopic (exact) mass is 293 g/mol. The molecule has 2 fully saturated rings. The normalized spacial score (nSPS) is 26.4. The maximum absolute atomic E-state index is 4.77. The van der Waals surface area contributed by atoms with Gasteiger partial charge < -0.3 is 5.32 Å². The largest absolute Gasteiger partial charge is 0.311 e. The smallest absolute Gasteiger partial charge is 0.107 e. The van der Waals surface area contributed by atoms with Crippen molar-refractivity contribution in [3.05, 3.63) is 15.6 Å². The van der Waals surface area contributed by atoms with Crippen LogP contribution in [-0.4, -0.2) is 34.6 Å². The van der Waals surface area contributed by atoms with Gasteiger partial charge in [0.2, 0.25) is 0 Å². The molecule has 2 heterocycles. The van der Waals surface area contributed by atoms with E-state index in [0.717, 1.165) is 6.54 Å². The number of piperazine rings is 1. The Labute approximate surface area is 126 Å². The van der Waals surface area contributed by atoms with Crippen LogP contribution in [0.15, 0.2) is 0 Å². The second-order valence-electron chi connectivity index (χ2n) is 6.55. The van der Waals surface area contributed by atoms with Gasteiger partial charge in [-0.15, -0.1) is 11.3 Å². The molecule has 1 saturated carbocycles. The molecule has 4 heteroatoms. The molecule has 112 valence electrons. The number of thiazole rings is 1. The predicted molar refractivity (Wildman–Crippen MR) is 85.3 cm³/mol. The lowest BCUT2D eigenvalue weighted by atomic mass is 9.90. The van der Waals surface area contributed by atoms with Crippen molar-refractivity contribution in [1.82, 2.24) is 15.2 Å². The molecule has 2 aliphatic rings. The minimum Gasteiger partial charge on any atom is -0.311 e. The molecule has 3 rings (SSSR count). The van der Waals surface area contributed by atoms with Gasteiger partial charge in [0.1, 0.15) is 5.01 Å². The van der Waals surface area contributed by atoms with Crippen LogP contribution in [0.5, 0.6) is 0 Å². The SMILES string of the molecule is CCC1CN(Cc2nc(C)c(C)s2)C2(CCCC2)CN1. The van der Waals surface area contributed by atoms with E-state index in [4.69, 9.17) is 4.98 Å². The van der Waals surface area contributed by atoms with Crippen LogP contribution in [0, 0.1) is 13.8 Å². The quantitative estimate of drug-likeness (QED) is 0.927. The lowest BCUT2D eigenvalue weighted by molar-refractivity contribution is 0.0348. The van der Waals surface area contributed by atoms with Crippen LogP contribution in [0.1, 0.15) is 54.6 Å². The highest BCUT2D eigenvalue weighted by Gasteiger charge is 2.43. The first kappa shape index (κ1) is 14.5. The van der Waals surface area contributed by atoms with Gasteiger partial charge in [0.05, 0.1) is 12.2 Å². The zero-order valence-corrected chi connectivity index (χ0v) is 13.9. The van der Waals surface area contributed by atoms with Gasteiger partial charge in [-0.25, -0.2) is 4.98 Å². The van der Waals surface area contributed by atoms with Crippen LogP contribution >= 0.6 is 11.3 Å². The van der Waals surface area contributed by atoms with E-state index in [1.165, 1.54) is 60.8 Å². The number of hydrogen-bond donors (Lipinski definition) is 1. The molecule has 20 heavy (non-hydrogen) atoms. The van der Waals surface area contributed by atoms with E-state index in [1.54, 1.807) is 0 Å². The van der Waals surface area contributed by atoms with Crippen LogP contribution in [0.4, 0.5) is 0 Å². The third-order valence-corrected chi connectivity index (χ3v) is 6.32. The Hall–Kier alpha value is -0.450. The highest BCUT2D eigenvalue weighted by atomic mass is 32.1. The summed E-state index contributed by atoms with van der Waals surface area (Å²) in [6.07, 6.45) is 6.73. The first-order valence-electron chi connectivity index (χ1n) is 8.04. The maximum atomic E-state index is 4.77. The summed E-state index contributed by atoms with van der Waals surface area (Å²) < 4.78 is 0. The third-order valence-electron chi connectivity index (χ3n) is 5.26. The van der Waals surface area contributed by atoms with Gasteiger partial charge in [0.15, 0.2) is 0 Å². The molecule has 3 nitrogen and oxygen atoms in total. The Bertz CT molecular complexity index is 443. The van der Waals surface area contributed by atoms with Gasteiger partial charge in [0, 0.05) is 29.5 Å². The molecule has 0 bridgehead atoms. The standard InChI is InChI=1S/C16H27N3S/c1-4-14-9-19(10-15-18-12(2)13(3)20-15)16(11-17-14)7-5-6-8-16/h14,17H,4-11H2,1-3H3. The summed E-state index contributed by atoms with van der Waals surface area (Å²) in [5.41, 5.74) is 1.63. The fourth-order valence-electron chi connectivity index (χ4n) is 3.77. The van der Waals surface area contributed by atoms with E-state index in [-0.39, 0.29) is 0 Å². The number of hydrogen-bond acceptors (Lipinski definition) is 4. The van der Waals surface area contributed by atoms with Crippen LogP contribution in [-0.2, 0) is 6.54 Å². The number of rotatable bonds is 3. The van der Waals surface area contributed by atoms with E-state index in [9.17, 15) is 0 Å². The van der Waals surface area contributed by atoms with Crippen LogP contribution < -0.4 is 5.32 Å². The molecule has 0 radical (unpaired) electrons. The average molecular weight is 293 g/mol. The number of nitrogens with zero attached hydrogens (tertiary/aromatic N) is 2. The minimum absolute atomic E-state index is 0.416. The van der Waals surface area contributed by atoms with E-state index >= 15 is 0 Å². The van der Waals surface area contributed by atoms with Crippen molar-refractivity contribution in [3.8, 4) is 0 Å². The molecule has 1 aliphatic carbocycles. The second-order valence-corrected chi connectivity index (χ2v) is 7.83. The molecule has 0 amide bonds. The molecule has 1 atom stereocenters. The maximum Gasteiger partial charge on any atom is 0.107 e. The molecule has 1 aromatic rings. The Morgan fingerprint density at radius 1 is 1.35 bits per heavy atom. The van der Waals surface area contributed by atoms with Crippen molar-refractivity contribution in [2.45, 2.75) is 71.0 Å². The summed E-state index contributed by atoms with van der Waals surface area (Å²) in [4.78, 5) is 8.90. The minimum atomic E-state index is 0.416. The summed E-state index contributed by atoms with van der Waals surface area (Å²) in [6, 6.07) is 0.656. The molecule has 1 aromatic heterocycles. The zero-order valence-electron chi connectivity index (χ0n) is 13.0. The van der Waals surface area contributed by atoms with Crippen LogP contribution in [0.25, 0.3) is 0 Å².